The summed E-state index contributed by atoms with van der Waals surface area (Å²) in [5.41, 5.74) is -0.515. The van der Waals surface area contributed by atoms with Gasteiger partial charge in [-0.15, -0.1) is 0 Å². The zero-order valence-electron chi connectivity index (χ0n) is 8.90. The molecule has 0 bridgehead atoms. The van der Waals surface area contributed by atoms with Gasteiger partial charge >= 0.3 is 0 Å². The number of hydrogen-bond donors (Lipinski definition) is 1. The highest BCUT2D eigenvalue weighted by atomic mass is 32.2. The molecule has 1 unspecified atom stereocenters. The molecule has 0 aliphatic carbocycles. The Kier molecular flexibility index (Phi) is 4.53. The van der Waals surface area contributed by atoms with Crippen molar-refractivity contribution in [3.05, 3.63) is 18.5 Å². The van der Waals surface area contributed by atoms with Crippen LogP contribution in [0.4, 0.5) is 0 Å². The number of nitrogens with one attached hydrogen (secondary N) is 1. The molecule has 1 atom stereocenters. The van der Waals surface area contributed by atoms with Gasteiger partial charge in [0.2, 0.25) is 0 Å². The molecule has 5 heteroatoms. The van der Waals surface area contributed by atoms with Crippen molar-refractivity contribution in [1.29, 1.82) is 5.26 Å². The number of aromatic nitrogens is 2. The van der Waals surface area contributed by atoms with Gasteiger partial charge in [-0.3, -0.25) is 5.32 Å². The molecule has 0 spiro atoms. The van der Waals surface area contributed by atoms with Crippen molar-refractivity contribution in [1.82, 2.24) is 15.3 Å². The van der Waals surface area contributed by atoms with Crippen LogP contribution in [0.25, 0.3) is 0 Å². The van der Waals surface area contributed by atoms with Crippen molar-refractivity contribution < 1.29 is 0 Å². The van der Waals surface area contributed by atoms with E-state index in [1.54, 1.807) is 18.5 Å². The van der Waals surface area contributed by atoms with Gasteiger partial charge in [-0.05, 0) is 19.5 Å². The molecule has 0 aromatic carbocycles. The minimum Gasteiger partial charge on any atom is -0.299 e. The van der Waals surface area contributed by atoms with Crippen molar-refractivity contribution in [2.24, 2.45) is 0 Å². The summed E-state index contributed by atoms with van der Waals surface area (Å²) in [6, 6.07) is 4.04. The molecule has 0 saturated heterocycles. The van der Waals surface area contributed by atoms with Crippen LogP contribution in [0.15, 0.2) is 23.6 Å². The van der Waals surface area contributed by atoms with E-state index in [9.17, 15) is 0 Å². The Hall–Kier alpha value is -1.12. The third-order valence-electron chi connectivity index (χ3n) is 1.85. The van der Waals surface area contributed by atoms with Crippen LogP contribution in [0.1, 0.15) is 13.8 Å². The maximum absolute atomic E-state index is 9.03. The van der Waals surface area contributed by atoms with Crippen molar-refractivity contribution in [3.63, 3.8) is 0 Å². The summed E-state index contributed by atoms with van der Waals surface area (Å²) in [7, 11) is 0. The first-order valence-electron chi connectivity index (χ1n) is 4.76. The third kappa shape index (κ3) is 3.86. The number of nitrogens with zero attached hydrogens (tertiary/aromatic N) is 3. The lowest BCUT2D eigenvalue weighted by atomic mass is 10.1. The lowest BCUT2D eigenvalue weighted by Gasteiger charge is -2.21. The fourth-order valence-corrected chi connectivity index (χ4v) is 1.94. The molecule has 80 valence electrons. The highest BCUT2D eigenvalue weighted by molar-refractivity contribution is 7.99. The second kappa shape index (κ2) is 5.69. The van der Waals surface area contributed by atoms with E-state index in [4.69, 9.17) is 5.26 Å². The Morgan fingerprint density at radius 3 is 2.73 bits per heavy atom. The van der Waals surface area contributed by atoms with Crippen molar-refractivity contribution in [3.8, 4) is 6.07 Å². The average Bonchev–Trinajstić information content (AvgIpc) is 2.28. The van der Waals surface area contributed by atoms with E-state index in [1.165, 1.54) is 11.8 Å². The molecule has 15 heavy (non-hydrogen) atoms. The SMILES string of the molecule is CCNC(C)(C#N)CSc1ncccn1. The van der Waals surface area contributed by atoms with E-state index in [2.05, 4.69) is 21.4 Å². The van der Waals surface area contributed by atoms with Gasteiger partial charge in [0, 0.05) is 18.1 Å². The topological polar surface area (TPSA) is 61.6 Å². The first-order valence-corrected chi connectivity index (χ1v) is 5.75. The monoisotopic (exact) mass is 222 g/mol. The van der Waals surface area contributed by atoms with Crippen molar-refractivity contribution >= 4 is 11.8 Å². The van der Waals surface area contributed by atoms with Gasteiger partial charge in [-0.2, -0.15) is 5.26 Å². The van der Waals surface area contributed by atoms with Crippen LogP contribution >= 0.6 is 11.8 Å². The maximum Gasteiger partial charge on any atom is 0.187 e. The summed E-state index contributed by atoms with van der Waals surface area (Å²) in [5, 5.41) is 12.9. The van der Waals surface area contributed by atoms with Gasteiger partial charge in [-0.1, -0.05) is 18.7 Å². The van der Waals surface area contributed by atoms with Crippen molar-refractivity contribution in [2.75, 3.05) is 12.3 Å². The lowest BCUT2D eigenvalue weighted by Crippen LogP contribution is -2.43. The Morgan fingerprint density at radius 1 is 1.53 bits per heavy atom. The Balaban J connectivity index is 2.52. The summed E-state index contributed by atoms with van der Waals surface area (Å²) in [6.07, 6.45) is 3.40. The predicted octanol–water partition coefficient (Wildman–Crippen LogP) is 1.46. The first kappa shape index (κ1) is 12.0. The largest absolute Gasteiger partial charge is 0.299 e. The molecule has 1 heterocycles. The number of thioether (sulfide) groups is 1. The highest BCUT2D eigenvalue weighted by Crippen LogP contribution is 2.17. The summed E-state index contributed by atoms with van der Waals surface area (Å²) in [5.74, 6) is 0.640. The fraction of sp³-hybridized carbons (Fsp3) is 0.500. The smallest absolute Gasteiger partial charge is 0.187 e. The van der Waals surface area contributed by atoms with Crippen LogP contribution in [0.2, 0.25) is 0 Å². The Labute approximate surface area is 94.1 Å². The van der Waals surface area contributed by atoms with E-state index < -0.39 is 5.54 Å². The molecule has 1 aromatic rings. The lowest BCUT2D eigenvalue weighted by molar-refractivity contribution is 0.511. The molecule has 4 nitrogen and oxygen atoms in total. The molecule has 1 N–H and O–H groups in total. The molecular weight excluding hydrogens is 208 g/mol. The number of nitriles is 1. The van der Waals surface area contributed by atoms with Crippen LogP contribution in [0.5, 0.6) is 0 Å². The third-order valence-corrected chi connectivity index (χ3v) is 3.04. The standard InChI is InChI=1S/C10H14N4S/c1-3-14-10(2,7-11)8-15-9-12-5-4-6-13-9/h4-6,14H,3,8H2,1-2H3. The van der Waals surface area contributed by atoms with Crippen molar-refractivity contribution in [2.45, 2.75) is 24.5 Å². The van der Waals surface area contributed by atoms with E-state index >= 15 is 0 Å². The average molecular weight is 222 g/mol. The quantitative estimate of drug-likeness (QED) is 0.603. The van der Waals surface area contributed by atoms with E-state index in [1.807, 2.05) is 13.8 Å². The normalized spacial score (nSPS) is 14.2. The summed E-state index contributed by atoms with van der Waals surface area (Å²) >= 11 is 1.48. The van der Waals surface area contributed by atoms with Gasteiger partial charge in [0.15, 0.2) is 5.16 Å². The van der Waals surface area contributed by atoms with Gasteiger partial charge < -0.3 is 0 Å². The molecule has 0 amide bonds. The summed E-state index contributed by atoms with van der Waals surface area (Å²) < 4.78 is 0. The van der Waals surface area contributed by atoms with E-state index in [0.717, 1.165) is 6.54 Å². The molecule has 0 aliphatic rings. The second-order valence-electron chi connectivity index (χ2n) is 3.29. The van der Waals surface area contributed by atoms with Crippen LogP contribution in [-0.4, -0.2) is 27.8 Å². The molecule has 1 rings (SSSR count). The van der Waals surface area contributed by atoms with Crippen LogP contribution in [0.3, 0.4) is 0 Å². The second-order valence-corrected chi connectivity index (χ2v) is 4.24. The Bertz CT molecular complexity index is 335. The van der Waals surface area contributed by atoms with Gasteiger partial charge in [-0.25, -0.2) is 9.97 Å². The molecule has 0 radical (unpaired) electrons. The van der Waals surface area contributed by atoms with Gasteiger partial charge in [0.1, 0.15) is 5.54 Å². The summed E-state index contributed by atoms with van der Waals surface area (Å²) in [4.78, 5) is 8.18. The highest BCUT2D eigenvalue weighted by Gasteiger charge is 2.22. The molecule has 1 aromatic heterocycles. The maximum atomic E-state index is 9.03. The predicted molar refractivity (Wildman–Crippen MR) is 60.5 cm³/mol. The minimum atomic E-state index is -0.515. The van der Waals surface area contributed by atoms with Gasteiger partial charge in [0.25, 0.3) is 0 Å². The zero-order valence-corrected chi connectivity index (χ0v) is 9.71. The number of rotatable bonds is 5. The zero-order chi connectivity index (χ0) is 11.1. The summed E-state index contributed by atoms with van der Waals surface area (Å²) in [6.45, 7) is 4.64. The minimum absolute atomic E-state index is 0.515. The molecule has 0 aliphatic heterocycles. The molecule has 0 saturated carbocycles. The molecule has 0 fully saturated rings. The number of hydrogen-bond acceptors (Lipinski definition) is 5. The molecular formula is C10H14N4S. The van der Waals surface area contributed by atoms with Crippen LogP contribution < -0.4 is 5.32 Å². The fourth-order valence-electron chi connectivity index (χ4n) is 1.08. The van der Waals surface area contributed by atoms with Crippen LogP contribution in [-0.2, 0) is 0 Å². The van der Waals surface area contributed by atoms with E-state index in [-0.39, 0.29) is 0 Å². The Morgan fingerprint density at radius 2 is 2.20 bits per heavy atom. The van der Waals surface area contributed by atoms with Crippen LogP contribution in [0, 0.1) is 11.3 Å². The van der Waals surface area contributed by atoms with E-state index in [0.29, 0.717) is 10.9 Å². The first-order chi connectivity index (χ1) is 7.20. The van der Waals surface area contributed by atoms with Gasteiger partial charge in [0.05, 0.1) is 6.07 Å².